The summed E-state index contributed by atoms with van der Waals surface area (Å²) < 4.78 is 7.26. The fourth-order valence-corrected chi connectivity index (χ4v) is 3.14. The van der Waals surface area contributed by atoms with Gasteiger partial charge in [0.15, 0.2) is 0 Å². The summed E-state index contributed by atoms with van der Waals surface area (Å²) in [5.74, 6) is 0.199. The fourth-order valence-electron chi connectivity index (χ4n) is 3.14. The predicted molar refractivity (Wildman–Crippen MR) is 84.8 cm³/mol. The van der Waals surface area contributed by atoms with Gasteiger partial charge in [0.1, 0.15) is 0 Å². The standard InChI is InChI=1S/C16H26N4O3/c1-13(21)15-11-14-12-19(4-2-5-20(14)17-15)16(22)3-6-18-7-9-23-10-8-18/h11,13,21H,2-10,12H2,1H3. The Morgan fingerprint density at radius 1 is 1.35 bits per heavy atom. The van der Waals surface area contributed by atoms with Crippen LogP contribution in [-0.4, -0.2) is 70.0 Å². The van der Waals surface area contributed by atoms with Crippen molar-refractivity contribution in [3.05, 3.63) is 17.5 Å². The molecular weight excluding hydrogens is 296 g/mol. The minimum Gasteiger partial charge on any atom is -0.387 e. The highest BCUT2D eigenvalue weighted by atomic mass is 16.5. The van der Waals surface area contributed by atoms with E-state index < -0.39 is 6.10 Å². The summed E-state index contributed by atoms with van der Waals surface area (Å²) in [6.07, 6.45) is 0.883. The molecule has 3 rings (SSSR count). The lowest BCUT2D eigenvalue weighted by Crippen LogP contribution is -2.39. The molecule has 3 heterocycles. The second-order valence-electron chi connectivity index (χ2n) is 6.33. The van der Waals surface area contributed by atoms with Crippen LogP contribution in [-0.2, 0) is 22.6 Å². The summed E-state index contributed by atoms with van der Waals surface area (Å²) in [5.41, 5.74) is 1.70. The molecule has 128 valence electrons. The number of ether oxygens (including phenoxy) is 1. The van der Waals surface area contributed by atoms with Crippen LogP contribution >= 0.6 is 0 Å². The molecular formula is C16H26N4O3. The summed E-state index contributed by atoms with van der Waals surface area (Å²) in [6, 6.07) is 1.91. The molecule has 2 aliphatic heterocycles. The maximum atomic E-state index is 12.5. The maximum Gasteiger partial charge on any atom is 0.224 e. The molecule has 1 saturated heterocycles. The zero-order valence-electron chi connectivity index (χ0n) is 13.8. The first-order chi connectivity index (χ1) is 11.1. The highest BCUT2D eigenvalue weighted by Gasteiger charge is 2.22. The van der Waals surface area contributed by atoms with Gasteiger partial charge in [-0.1, -0.05) is 0 Å². The highest BCUT2D eigenvalue weighted by Crippen LogP contribution is 2.18. The van der Waals surface area contributed by atoms with Crippen molar-refractivity contribution >= 4 is 5.91 Å². The zero-order chi connectivity index (χ0) is 16.2. The number of aliphatic hydroxyl groups excluding tert-OH is 1. The van der Waals surface area contributed by atoms with Crippen LogP contribution in [0.1, 0.15) is 37.3 Å². The first-order valence-electron chi connectivity index (χ1n) is 8.46. The van der Waals surface area contributed by atoms with E-state index in [1.807, 2.05) is 15.6 Å². The molecule has 1 fully saturated rings. The second-order valence-corrected chi connectivity index (χ2v) is 6.33. The molecule has 1 aromatic heterocycles. The molecule has 1 aromatic rings. The van der Waals surface area contributed by atoms with Gasteiger partial charge in [-0.15, -0.1) is 0 Å². The number of hydrogen-bond donors (Lipinski definition) is 1. The predicted octanol–water partition coefficient (Wildman–Crippen LogP) is 0.391. The van der Waals surface area contributed by atoms with Gasteiger partial charge in [-0.25, -0.2) is 0 Å². The average Bonchev–Trinajstić information content (AvgIpc) is 2.86. The molecule has 7 heteroatoms. The Morgan fingerprint density at radius 3 is 2.87 bits per heavy atom. The van der Waals surface area contributed by atoms with Gasteiger partial charge in [0.05, 0.1) is 37.3 Å². The van der Waals surface area contributed by atoms with E-state index in [1.54, 1.807) is 6.92 Å². The lowest BCUT2D eigenvalue weighted by atomic mass is 10.2. The number of fused-ring (bicyclic) bond motifs is 1. The molecule has 0 saturated carbocycles. The Kier molecular flexibility index (Phi) is 5.30. The molecule has 0 bridgehead atoms. The van der Waals surface area contributed by atoms with Gasteiger partial charge in [0, 0.05) is 39.1 Å². The molecule has 0 spiro atoms. The second kappa shape index (κ2) is 7.42. The molecule has 1 atom stereocenters. The lowest BCUT2D eigenvalue weighted by molar-refractivity contribution is -0.132. The minimum atomic E-state index is -0.570. The number of nitrogens with zero attached hydrogens (tertiary/aromatic N) is 4. The Labute approximate surface area is 136 Å². The van der Waals surface area contributed by atoms with Crippen molar-refractivity contribution in [2.45, 2.75) is 39.0 Å². The van der Waals surface area contributed by atoms with Gasteiger partial charge in [-0.2, -0.15) is 5.10 Å². The Bertz CT molecular complexity index is 537. The normalized spacial score (nSPS) is 20.9. The SMILES string of the molecule is CC(O)c1cc2n(n1)CCCN(C(=O)CCN1CCOCC1)C2. The van der Waals surface area contributed by atoms with Gasteiger partial charge in [-0.05, 0) is 19.4 Å². The van der Waals surface area contributed by atoms with Crippen LogP contribution in [0.3, 0.4) is 0 Å². The fraction of sp³-hybridized carbons (Fsp3) is 0.750. The first kappa shape index (κ1) is 16.4. The number of aryl methyl sites for hydroxylation is 1. The van der Waals surface area contributed by atoms with Gasteiger partial charge >= 0.3 is 0 Å². The van der Waals surface area contributed by atoms with Crippen molar-refractivity contribution in [2.75, 3.05) is 39.4 Å². The lowest BCUT2D eigenvalue weighted by Gasteiger charge is -2.27. The number of hydrogen-bond acceptors (Lipinski definition) is 5. The van der Waals surface area contributed by atoms with Crippen LogP contribution in [0, 0.1) is 0 Å². The smallest absolute Gasteiger partial charge is 0.224 e. The van der Waals surface area contributed by atoms with Gasteiger partial charge in [0.2, 0.25) is 5.91 Å². The third-order valence-electron chi connectivity index (χ3n) is 4.56. The van der Waals surface area contributed by atoms with Crippen LogP contribution < -0.4 is 0 Å². The number of carbonyl (C=O) groups is 1. The number of aromatic nitrogens is 2. The first-order valence-corrected chi connectivity index (χ1v) is 8.46. The molecule has 7 nitrogen and oxygen atoms in total. The summed E-state index contributed by atoms with van der Waals surface area (Å²) >= 11 is 0. The molecule has 23 heavy (non-hydrogen) atoms. The molecule has 1 unspecified atom stereocenters. The largest absolute Gasteiger partial charge is 0.387 e. The summed E-state index contributed by atoms with van der Waals surface area (Å²) in [7, 11) is 0. The third kappa shape index (κ3) is 4.10. The Hall–Kier alpha value is -1.44. The van der Waals surface area contributed by atoms with Crippen LogP contribution in [0.15, 0.2) is 6.07 Å². The number of amides is 1. The molecule has 0 aliphatic carbocycles. The van der Waals surface area contributed by atoms with Gasteiger partial charge in [0.25, 0.3) is 0 Å². The zero-order valence-corrected chi connectivity index (χ0v) is 13.8. The monoisotopic (exact) mass is 322 g/mol. The van der Waals surface area contributed by atoms with Crippen LogP contribution in [0.25, 0.3) is 0 Å². The molecule has 0 aromatic carbocycles. The molecule has 2 aliphatic rings. The van der Waals surface area contributed by atoms with Crippen molar-refractivity contribution in [1.29, 1.82) is 0 Å². The number of carbonyl (C=O) groups excluding carboxylic acids is 1. The van der Waals surface area contributed by atoms with E-state index in [9.17, 15) is 9.90 Å². The average molecular weight is 322 g/mol. The summed E-state index contributed by atoms with van der Waals surface area (Å²) in [6.45, 7) is 8.03. The van der Waals surface area contributed by atoms with Gasteiger partial charge in [-0.3, -0.25) is 14.4 Å². The molecule has 0 radical (unpaired) electrons. The Balaban J connectivity index is 1.57. The van der Waals surface area contributed by atoms with E-state index in [-0.39, 0.29) is 5.91 Å². The van der Waals surface area contributed by atoms with Crippen molar-refractivity contribution in [1.82, 2.24) is 19.6 Å². The quantitative estimate of drug-likeness (QED) is 0.868. The molecule has 1 amide bonds. The van der Waals surface area contributed by atoms with E-state index >= 15 is 0 Å². The van der Waals surface area contributed by atoms with Crippen LogP contribution in [0.5, 0.6) is 0 Å². The summed E-state index contributed by atoms with van der Waals surface area (Å²) in [5, 5.41) is 14.1. The Morgan fingerprint density at radius 2 is 2.13 bits per heavy atom. The van der Waals surface area contributed by atoms with E-state index in [1.165, 1.54) is 0 Å². The topological polar surface area (TPSA) is 70.8 Å². The van der Waals surface area contributed by atoms with Crippen molar-refractivity contribution in [2.24, 2.45) is 0 Å². The highest BCUT2D eigenvalue weighted by molar-refractivity contribution is 5.76. The number of rotatable bonds is 4. The maximum absolute atomic E-state index is 12.5. The van der Waals surface area contributed by atoms with Crippen molar-refractivity contribution in [3.63, 3.8) is 0 Å². The van der Waals surface area contributed by atoms with Crippen LogP contribution in [0.2, 0.25) is 0 Å². The van der Waals surface area contributed by atoms with Crippen LogP contribution in [0.4, 0.5) is 0 Å². The molecule has 1 N–H and O–H groups in total. The number of aliphatic hydroxyl groups is 1. The number of morpholine rings is 1. The minimum absolute atomic E-state index is 0.199. The van der Waals surface area contributed by atoms with E-state index in [2.05, 4.69) is 10.00 Å². The van der Waals surface area contributed by atoms with Crippen molar-refractivity contribution < 1.29 is 14.6 Å². The summed E-state index contributed by atoms with van der Waals surface area (Å²) in [4.78, 5) is 16.7. The van der Waals surface area contributed by atoms with E-state index in [4.69, 9.17) is 4.74 Å². The van der Waals surface area contributed by atoms with E-state index in [0.29, 0.717) is 18.7 Å². The van der Waals surface area contributed by atoms with Crippen molar-refractivity contribution in [3.8, 4) is 0 Å². The third-order valence-corrected chi connectivity index (χ3v) is 4.56. The van der Waals surface area contributed by atoms with E-state index in [0.717, 1.165) is 58.1 Å². The van der Waals surface area contributed by atoms with Gasteiger partial charge < -0.3 is 14.7 Å².